The smallest absolute Gasteiger partial charge is 0.282 e. The van der Waals surface area contributed by atoms with Gasteiger partial charge in [-0.1, -0.05) is 6.07 Å². The van der Waals surface area contributed by atoms with E-state index in [0.717, 1.165) is 6.07 Å². The summed E-state index contributed by atoms with van der Waals surface area (Å²) in [5.41, 5.74) is 0.449. The summed E-state index contributed by atoms with van der Waals surface area (Å²) >= 11 is 3.17. The molecule has 1 aromatic heterocycles. The van der Waals surface area contributed by atoms with E-state index in [1.54, 1.807) is 6.92 Å². The number of halogens is 3. The maximum absolute atomic E-state index is 13.7. The molecule has 7 heteroatoms. The molecule has 0 amide bonds. The van der Waals surface area contributed by atoms with Crippen LogP contribution in [0.5, 0.6) is 0 Å². The molecule has 0 saturated carbocycles. The standard InChI is InChI=1S/C13H12BrF2N3O/c1-7(9-4-3-8(15)5-10(9)16)18-11-6-17-19(2)13(20)12(11)14/h3-7,18H,1-2H3/t7-/m0/s1. The molecule has 0 bridgehead atoms. The van der Waals surface area contributed by atoms with Crippen LogP contribution in [0.25, 0.3) is 0 Å². The lowest BCUT2D eigenvalue weighted by Gasteiger charge is -2.17. The highest BCUT2D eigenvalue weighted by Gasteiger charge is 2.14. The lowest BCUT2D eigenvalue weighted by Crippen LogP contribution is -2.22. The molecular formula is C13H12BrF2N3O. The Kier molecular flexibility index (Phi) is 4.17. The topological polar surface area (TPSA) is 46.9 Å². The van der Waals surface area contributed by atoms with E-state index in [0.29, 0.717) is 15.7 Å². The molecule has 2 rings (SSSR count). The van der Waals surface area contributed by atoms with Gasteiger partial charge in [0, 0.05) is 18.7 Å². The normalized spacial score (nSPS) is 12.2. The Morgan fingerprint density at radius 3 is 2.75 bits per heavy atom. The van der Waals surface area contributed by atoms with Crippen molar-refractivity contribution in [3.63, 3.8) is 0 Å². The van der Waals surface area contributed by atoms with Crippen LogP contribution >= 0.6 is 15.9 Å². The number of hydrogen-bond donors (Lipinski definition) is 1. The van der Waals surface area contributed by atoms with E-state index in [1.165, 1.54) is 30.1 Å². The molecule has 1 atom stereocenters. The summed E-state index contributed by atoms with van der Waals surface area (Å²) in [6.07, 6.45) is 1.46. The molecule has 2 aromatic rings. The van der Waals surface area contributed by atoms with Gasteiger partial charge in [0.1, 0.15) is 16.1 Å². The van der Waals surface area contributed by atoms with Crippen LogP contribution in [0.1, 0.15) is 18.5 Å². The molecule has 0 unspecified atom stereocenters. The zero-order valence-corrected chi connectivity index (χ0v) is 12.4. The average molecular weight is 344 g/mol. The van der Waals surface area contributed by atoms with Gasteiger partial charge in [-0.3, -0.25) is 4.79 Å². The zero-order valence-electron chi connectivity index (χ0n) is 10.8. The molecule has 0 fully saturated rings. The Morgan fingerprint density at radius 1 is 1.40 bits per heavy atom. The Balaban J connectivity index is 2.30. The summed E-state index contributed by atoms with van der Waals surface area (Å²) in [6, 6.07) is 2.93. The summed E-state index contributed by atoms with van der Waals surface area (Å²) < 4.78 is 28.0. The van der Waals surface area contributed by atoms with Gasteiger partial charge in [-0.05, 0) is 28.9 Å². The van der Waals surface area contributed by atoms with Crippen LogP contribution in [0.4, 0.5) is 14.5 Å². The van der Waals surface area contributed by atoms with Crippen LogP contribution in [-0.2, 0) is 7.05 Å². The highest BCUT2D eigenvalue weighted by atomic mass is 79.9. The van der Waals surface area contributed by atoms with Crippen molar-refractivity contribution in [2.45, 2.75) is 13.0 Å². The fraction of sp³-hybridized carbons (Fsp3) is 0.231. The molecule has 0 saturated heterocycles. The van der Waals surface area contributed by atoms with Crippen molar-refractivity contribution in [3.05, 3.63) is 56.4 Å². The number of anilines is 1. The fourth-order valence-corrected chi connectivity index (χ4v) is 2.25. The largest absolute Gasteiger partial charge is 0.376 e. The first-order valence-corrected chi connectivity index (χ1v) is 6.62. The fourth-order valence-electron chi connectivity index (χ4n) is 1.78. The quantitative estimate of drug-likeness (QED) is 0.931. The number of rotatable bonds is 3. The predicted molar refractivity (Wildman–Crippen MR) is 75.6 cm³/mol. The Hall–Kier alpha value is -1.76. The van der Waals surface area contributed by atoms with Gasteiger partial charge >= 0.3 is 0 Å². The minimum Gasteiger partial charge on any atom is -0.376 e. The van der Waals surface area contributed by atoms with Gasteiger partial charge in [0.2, 0.25) is 0 Å². The van der Waals surface area contributed by atoms with Crippen LogP contribution < -0.4 is 10.9 Å². The minimum absolute atomic E-state index is 0.304. The number of aryl methyl sites for hydroxylation is 1. The van der Waals surface area contributed by atoms with E-state index in [-0.39, 0.29) is 5.56 Å². The SMILES string of the molecule is C[C@H](Nc1cnn(C)c(=O)c1Br)c1ccc(F)cc1F. The van der Waals surface area contributed by atoms with Crippen molar-refractivity contribution in [1.82, 2.24) is 9.78 Å². The number of benzene rings is 1. The maximum atomic E-state index is 13.7. The lowest BCUT2D eigenvalue weighted by atomic mass is 10.1. The Morgan fingerprint density at radius 2 is 2.10 bits per heavy atom. The summed E-state index contributed by atoms with van der Waals surface area (Å²) in [5, 5.41) is 6.85. The van der Waals surface area contributed by atoms with Crippen LogP contribution in [0.2, 0.25) is 0 Å². The van der Waals surface area contributed by atoms with Crippen molar-refractivity contribution < 1.29 is 8.78 Å². The third-order valence-electron chi connectivity index (χ3n) is 2.88. The second kappa shape index (κ2) is 5.70. The molecule has 0 aliphatic carbocycles. The highest BCUT2D eigenvalue weighted by Crippen LogP contribution is 2.25. The molecule has 1 heterocycles. The Bertz CT molecular complexity index is 703. The first kappa shape index (κ1) is 14.6. The molecule has 0 aliphatic heterocycles. The van der Waals surface area contributed by atoms with Gasteiger partial charge in [0.25, 0.3) is 5.56 Å². The molecule has 20 heavy (non-hydrogen) atoms. The number of hydrogen-bond acceptors (Lipinski definition) is 3. The first-order valence-electron chi connectivity index (χ1n) is 5.83. The van der Waals surface area contributed by atoms with Gasteiger partial charge in [0.05, 0.1) is 17.9 Å². The van der Waals surface area contributed by atoms with Crippen molar-refractivity contribution in [1.29, 1.82) is 0 Å². The summed E-state index contributed by atoms with van der Waals surface area (Å²) in [6.45, 7) is 1.71. The third-order valence-corrected chi connectivity index (χ3v) is 3.65. The Labute approximate surface area is 122 Å². The van der Waals surface area contributed by atoms with E-state index in [2.05, 4.69) is 26.3 Å². The van der Waals surface area contributed by atoms with Crippen LogP contribution in [0, 0.1) is 11.6 Å². The van der Waals surface area contributed by atoms with E-state index in [4.69, 9.17) is 0 Å². The van der Waals surface area contributed by atoms with Crippen molar-refractivity contribution in [2.75, 3.05) is 5.32 Å². The van der Waals surface area contributed by atoms with Gasteiger partial charge in [-0.2, -0.15) is 5.10 Å². The minimum atomic E-state index is -0.641. The van der Waals surface area contributed by atoms with E-state index >= 15 is 0 Å². The summed E-state index contributed by atoms with van der Waals surface area (Å²) in [4.78, 5) is 11.7. The molecule has 0 radical (unpaired) electrons. The molecule has 4 nitrogen and oxygen atoms in total. The van der Waals surface area contributed by atoms with Crippen LogP contribution in [0.3, 0.4) is 0 Å². The average Bonchev–Trinajstić information content (AvgIpc) is 2.39. The molecule has 1 N–H and O–H groups in total. The van der Waals surface area contributed by atoms with Crippen molar-refractivity contribution in [3.8, 4) is 0 Å². The molecule has 1 aromatic carbocycles. The summed E-state index contributed by atoms with van der Waals surface area (Å²) in [7, 11) is 1.53. The first-order chi connectivity index (χ1) is 9.40. The molecule has 106 valence electrons. The van der Waals surface area contributed by atoms with Crippen LogP contribution in [0.15, 0.2) is 33.7 Å². The predicted octanol–water partition coefficient (Wildman–Crippen LogP) is 2.99. The number of nitrogens with zero attached hydrogens (tertiary/aromatic N) is 2. The third kappa shape index (κ3) is 2.87. The van der Waals surface area contributed by atoms with Crippen LogP contribution in [-0.4, -0.2) is 9.78 Å². The lowest BCUT2D eigenvalue weighted by molar-refractivity contribution is 0.566. The van der Waals surface area contributed by atoms with Crippen molar-refractivity contribution in [2.24, 2.45) is 7.05 Å². The van der Waals surface area contributed by atoms with Gasteiger partial charge in [0.15, 0.2) is 0 Å². The van der Waals surface area contributed by atoms with Gasteiger partial charge < -0.3 is 5.32 Å². The van der Waals surface area contributed by atoms with Gasteiger partial charge in [-0.15, -0.1) is 0 Å². The monoisotopic (exact) mass is 343 g/mol. The number of aromatic nitrogens is 2. The van der Waals surface area contributed by atoms with Gasteiger partial charge in [-0.25, -0.2) is 13.5 Å². The van der Waals surface area contributed by atoms with E-state index in [9.17, 15) is 13.6 Å². The molecule has 0 aliphatic rings. The van der Waals surface area contributed by atoms with E-state index in [1.807, 2.05) is 0 Å². The number of nitrogens with one attached hydrogen (secondary N) is 1. The maximum Gasteiger partial charge on any atom is 0.282 e. The second-order valence-electron chi connectivity index (χ2n) is 4.33. The molecular weight excluding hydrogens is 332 g/mol. The van der Waals surface area contributed by atoms with E-state index < -0.39 is 17.7 Å². The summed E-state index contributed by atoms with van der Waals surface area (Å²) in [5.74, 6) is -1.27. The highest BCUT2D eigenvalue weighted by molar-refractivity contribution is 9.10. The van der Waals surface area contributed by atoms with Crippen molar-refractivity contribution >= 4 is 21.6 Å². The zero-order chi connectivity index (χ0) is 14.9. The second-order valence-corrected chi connectivity index (χ2v) is 5.13. The molecule has 0 spiro atoms.